The molecule has 0 radical (unpaired) electrons. The molecule has 182 valence electrons. The number of aliphatic carboxylic acids is 1. The first-order valence-electron chi connectivity index (χ1n) is 9.37. The maximum Gasteiger partial charge on any atom is 0.416 e. The molecule has 0 unspecified atom stereocenters. The van der Waals surface area contributed by atoms with E-state index in [1.165, 1.54) is 17.5 Å². The number of alkyl halides is 6. The van der Waals surface area contributed by atoms with Gasteiger partial charge in [0, 0.05) is 17.8 Å². The van der Waals surface area contributed by atoms with E-state index >= 15 is 0 Å². The summed E-state index contributed by atoms with van der Waals surface area (Å²) in [5.41, 5.74) is -0.226. The van der Waals surface area contributed by atoms with Crippen LogP contribution in [0, 0.1) is 0 Å². The highest BCUT2D eigenvalue weighted by Gasteiger charge is 2.37. The van der Waals surface area contributed by atoms with Crippen LogP contribution in [0.15, 0.2) is 34.6 Å². The molecule has 1 aliphatic heterocycles. The van der Waals surface area contributed by atoms with Gasteiger partial charge in [0.05, 0.1) is 16.0 Å². The van der Waals surface area contributed by atoms with Gasteiger partial charge in [0.2, 0.25) is 0 Å². The van der Waals surface area contributed by atoms with E-state index in [4.69, 9.17) is 17.3 Å². The van der Waals surface area contributed by atoms with Crippen LogP contribution in [0.4, 0.5) is 26.3 Å². The lowest BCUT2D eigenvalue weighted by Crippen LogP contribution is -2.41. The minimum Gasteiger partial charge on any atom is -0.481 e. The van der Waals surface area contributed by atoms with Gasteiger partial charge in [-0.15, -0.1) is 11.3 Å². The summed E-state index contributed by atoms with van der Waals surface area (Å²) < 4.78 is 78.9. The lowest BCUT2D eigenvalue weighted by atomic mass is 10.0. The number of nitrogens with zero attached hydrogens (tertiary/aromatic N) is 1. The average molecular weight is 541 g/mol. The standard InChI is InChI=1S/C20H14F6N2O3S3/c21-19(22,23)12-4-10(5-13(7-12)20(24,25)26)11-6-14(33-9-11)8-15-17(31)28(18(32)34-15)27-3-1-2-16(29)30/h4-9,27H,1-3H2,(H,29,30). The van der Waals surface area contributed by atoms with E-state index < -0.39 is 35.4 Å². The molecule has 1 aromatic heterocycles. The van der Waals surface area contributed by atoms with Crippen molar-refractivity contribution in [1.82, 2.24) is 10.4 Å². The van der Waals surface area contributed by atoms with E-state index in [1.54, 1.807) is 0 Å². The molecule has 0 saturated carbocycles. The van der Waals surface area contributed by atoms with E-state index in [0.717, 1.165) is 28.1 Å². The number of hydrogen-bond acceptors (Lipinski definition) is 6. The van der Waals surface area contributed by atoms with Gasteiger partial charge in [-0.25, -0.2) is 10.4 Å². The van der Waals surface area contributed by atoms with Gasteiger partial charge < -0.3 is 5.11 Å². The number of nitrogens with one attached hydrogen (secondary N) is 1. The summed E-state index contributed by atoms with van der Waals surface area (Å²) in [6.07, 6.45) is -8.32. The second-order valence-electron chi connectivity index (χ2n) is 6.95. The van der Waals surface area contributed by atoms with Crippen LogP contribution in [0.25, 0.3) is 17.2 Å². The lowest BCUT2D eigenvalue weighted by molar-refractivity contribution is -0.143. The minimum atomic E-state index is -4.96. The van der Waals surface area contributed by atoms with Crippen LogP contribution >= 0.6 is 35.3 Å². The van der Waals surface area contributed by atoms with Crippen molar-refractivity contribution in [3.63, 3.8) is 0 Å². The molecule has 5 nitrogen and oxygen atoms in total. The van der Waals surface area contributed by atoms with Gasteiger partial charge in [-0.3, -0.25) is 9.59 Å². The van der Waals surface area contributed by atoms with Crippen molar-refractivity contribution in [1.29, 1.82) is 0 Å². The fraction of sp³-hybridized carbons (Fsp3) is 0.250. The Balaban J connectivity index is 1.82. The van der Waals surface area contributed by atoms with Crippen LogP contribution < -0.4 is 5.43 Å². The molecule has 2 aromatic rings. The average Bonchev–Trinajstić information content (AvgIpc) is 3.29. The molecule has 3 rings (SSSR count). The summed E-state index contributed by atoms with van der Waals surface area (Å²) in [6.45, 7) is 0.187. The molecule has 0 spiro atoms. The van der Waals surface area contributed by atoms with Crippen LogP contribution in [-0.4, -0.2) is 32.9 Å². The van der Waals surface area contributed by atoms with Crippen molar-refractivity contribution in [2.24, 2.45) is 0 Å². The van der Waals surface area contributed by atoms with E-state index in [-0.39, 0.29) is 45.8 Å². The maximum absolute atomic E-state index is 13.1. The largest absolute Gasteiger partial charge is 0.481 e. The first-order chi connectivity index (χ1) is 15.8. The maximum atomic E-state index is 13.1. The lowest BCUT2D eigenvalue weighted by Gasteiger charge is -2.15. The van der Waals surface area contributed by atoms with Crippen molar-refractivity contribution in [3.05, 3.63) is 50.6 Å². The molecule has 14 heteroatoms. The van der Waals surface area contributed by atoms with E-state index in [1.807, 2.05) is 0 Å². The summed E-state index contributed by atoms with van der Waals surface area (Å²) >= 11 is 7.12. The van der Waals surface area contributed by atoms with Crippen LogP contribution in [0.2, 0.25) is 0 Å². The second kappa shape index (κ2) is 10.1. The smallest absolute Gasteiger partial charge is 0.416 e. The zero-order chi connectivity index (χ0) is 25.3. The summed E-state index contributed by atoms with van der Waals surface area (Å²) in [6, 6.07) is 2.72. The molecular formula is C20H14F6N2O3S3. The van der Waals surface area contributed by atoms with Gasteiger partial charge in [-0.2, -0.15) is 26.3 Å². The fourth-order valence-corrected chi connectivity index (χ4v) is 5.00. The molecule has 0 aliphatic carbocycles. The zero-order valence-electron chi connectivity index (χ0n) is 16.8. The first kappa shape index (κ1) is 26.2. The third kappa shape index (κ3) is 6.37. The molecule has 1 fully saturated rings. The van der Waals surface area contributed by atoms with Crippen LogP contribution in [0.3, 0.4) is 0 Å². The molecule has 2 N–H and O–H groups in total. The predicted octanol–water partition coefficient (Wildman–Crippen LogP) is 6.02. The summed E-state index contributed by atoms with van der Waals surface area (Å²) in [5, 5.41) is 11.1. The Bertz CT molecular complexity index is 1120. The summed E-state index contributed by atoms with van der Waals surface area (Å²) in [7, 11) is 0. The number of amides is 1. The Hall–Kier alpha value is -2.42. The van der Waals surface area contributed by atoms with Gasteiger partial charge in [-0.1, -0.05) is 24.0 Å². The van der Waals surface area contributed by atoms with Gasteiger partial charge in [0.25, 0.3) is 5.91 Å². The van der Waals surface area contributed by atoms with Crippen molar-refractivity contribution in [3.8, 4) is 11.1 Å². The topological polar surface area (TPSA) is 69.6 Å². The van der Waals surface area contributed by atoms with E-state index in [9.17, 15) is 35.9 Å². The second-order valence-corrected chi connectivity index (χ2v) is 9.57. The predicted molar refractivity (Wildman–Crippen MR) is 120 cm³/mol. The van der Waals surface area contributed by atoms with Crippen LogP contribution in [0.1, 0.15) is 28.8 Å². The highest BCUT2D eigenvalue weighted by atomic mass is 32.2. The molecular weight excluding hydrogens is 526 g/mol. The molecule has 1 saturated heterocycles. The number of rotatable bonds is 7. The highest BCUT2D eigenvalue weighted by molar-refractivity contribution is 8.26. The third-order valence-electron chi connectivity index (χ3n) is 4.45. The number of carboxylic acids is 1. The van der Waals surface area contributed by atoms with Gasteiger partial charge in [0.1, 0.15) is 0 Å². The zero-order valence-corrected chi connectivity index (χ0v) is 19.2. The number of carbonyl (C=O) groups excluding carboxylic acids is 1. The quantitative estimate of drug-likeness (QED) is 0.194. The molecule has 1 aromatic carbocycles. The van der Waals surface area contributed by atoms with Crippen LogP contribution in [-0.2, 0) is 21.9 Å². The number of hydrazine groups is 1. The molecule has 1 amide bonds. The Kier molecular flexibility index (Phi) is 7.75. The van der Waals surface area contributed by atoms with E-state index in [2.05, 4.69) is 5.43 Å². The monoisotopic (exact) mass is 540 g/mol. The normalized spacial score (nSPS) is 16.1. The molecule has 0 bridgehead atoms. The van der Waals surface area contributed by atoms with Crippen molar-refractivity contribution >= 4 is 57.6 Å². The number of thioether (sulfide) groups is 1. The van der Waals surface area contributed by atoms with Crippen molar-refractivity contribution < 1.29 is 41.0 Å². The highest BCUT2D eigenvalue weighted by Crippen LogP contribution is 2.40. The Morgan fingerprint density at radius 1 is 1.06 bits per heavy atom. The Morgan fingerprint density at radius 3 is 2.24 bits per heavy atom. The minimum absolute atomic E-state index is 0.0611. The number of thiocarbonyl (C=S) groups is 1. The molecule has 0 atom stereocenters. The number of hydrogen-bond donors (Lipinski definition) is 2. The number of benzene rings is 1. The fourth-order valence-electron chi connectivity index (χ4n) is 2.87. The summed E-state index contributed by atoms with van der Waals surface area (Å²) in [4.78, 5) is 23.7. The van der Waals surface area contributed by atoms with E-state index in [0.29, 0.717) is 17.0 Å². The number of carboxylic acid groups (broad SMARTS) is 1. The number of halogens is 6. The van der Waals surface area contributed by atoms with Gasteiger partial charge in [-0.05, 0) is 53.3 Å². The molecule has 2 heterocycles. The van der Waals surface area contributed by atoms with Crippen molar-refractivity contribution in [2.45, 2.75) is 25.2 Å². The van der Waals surface area contributed by atoms with Crippen LogP contribution in [0.5, 0.6) is 0 Å². The summed E-state index contributed by atoms with van der Waals surface area (Å²) in [5.74, 6) is -1.48. The van der Waals surface area contributed by atoms with Crippen molar-refractivity contribution in [2.75, 3.05) is 6.54 Å². The van der Waals surface area contributed by atoms with Gasteiger partial charge in [0.15, 0.2) is 4.32 Å². The van der Waals surface area contributed by atoms with Gasteiger partial charge >= 0.3 is 18.3 Å². The Morgan fingerprint density at radius 2 is 1.68 bits per heavy atom. The number of thiophene rings is 1. The molecule has 34 heavy (non-hydrogen) atoms. The first-order valence-corrected chi connectivity index (χ1v) is 11.5. The Labute approximate surface area is 202 Å². The molecule has 1 aliphatic rings. The third-order valence-corrected chi connectivity index (χ3v) is 6.63. The number of carbonyl (C=O) groups is 2. The SMILES string of the molecule is O=C(O)CCCNN1C(=O)C(=Cc2cc(-c3cc(C(F)(F)F)cc(C(F)(F)F)c3)cs2)SC1=S.